The number of phenols is 1. The number of aromatic carboxylic acids is 1. The summed E-state index contributed by atoms with van der Waals surface area (Å²) in [7, 11) is 0. The first-order chi connectivity index (χ1) is 6.65. The predicted octanol–water partition coefficient (Wildman–Crippen LogP) is 0.965. The Morgan fingerprint density at radius 2 is 2.14 bits per heavy atom. The maximum Gasteiger partial charge on any atom is 0.335 e. The van der Waals surface area contributed by atoms with Crippen molar-refractivity contribution in [2.45, 2.75) is 0 Å². The van der Waals surface area contributed by atoms with Crippen LogP contribution in [0, 0.1) is 23.2 Å². The third kappa shape index (κ3) is 2.02. The summed E-state index contributed by atoms with van der Waals surface area (Å²) in [6.07, 6.45) is 0. The number of hydrogen-bond donors (Lipinski definition) is 2. The number of nitriles is 1. The second-order valence-corrected chi connectivity index (χ2v) is 2.40. The first kappa shape index (κ1) is 9.63. The van der Waals surface area contributed by atoms with E-state index in [4.69, 9.17) is 10.4 Å². The van der Waals surface area contributed by atoms with E-state index in [1.54, 1.807) is 6.07 Å². The van der Waals surface area contributed by atoms with E-state index in [1.807, 2.05) is 0 Å². The molecule has 0 aliphatic carbocycles. The second kappa shape index (κ2) is 3.97. The Kier molecular flexibility index (Phi) is 2.73. The molecular formula is C10H5NO3. The Morgan fingerprint density at radius 1 is 1.43 bits per heavy atom. The van der Waals surface area contributed by atoms with Crippen molar-refractivity contribution in [1.29, 1.82) is 5.26 Å². The molecule has 4 nitrogen and oxygen atoms in total. The zero-order valence-electron chi connectivity index (χ0n) is 6.98. The number of carboxylic acids is 1. The van der Waals surface area contributed by atoms with Gasteiger partial charge in [-0.3, -0.25) is 0 Å². The summed E-state index contributed by atoms with van der Waals surface area (Å²) in [5.74, 6) is 3.11. The first-order valence-corrected chi connectivity index (χ1v) is 3.61. The Balaban J connectivity index is 3.15. The number of rotatable bonds is 1. The topological polar surface area (TPSA) is 81.3 Å². The van der Waals surface area contributed by atoms with Crippen molar-refractivity contribution in [2.75, 3.05) is 0 Å². The van der Waals surface area contributed by atoms with Crippen molar-refractivity contribution in [1.82, 2.24) is 0 Å². The fraction of sp³-hybridized carbons (Fsp3) is 0. The molecule has 0 spiro atoms. The van der Waals surface area contributed by atoms with Gasteiger partial charge in [0.2, 0.25) is 0 Å². The highest BCUT2D eigenvalue weighted by atomic mass is 16.4. The number of hydrogen-bond acceptors (Lipinski definition) is 3. The van der Waals surface area contributed by atoms with Crippen LogP contribution >= 0.6 is 0 Å². The zero-order valence-corrected chi connectivity index (χ0v) is 6.98. The molecule has 0 bridgehead atoms. The molecule has 0 fully saturated rings. The number of phenolic OH excluding ortho intramolecular Hbond substituents is 1. The highest BCUT2D eigenvalue weighted by Gasteiger charge is 2.05. The summed E-state index contributed by atoms with van der Waals surface area (Å²) in [5.41, 5.74) is 0.210. The van der Waals surface area contributed by atoms with E-state index in [0.717, 1.165) is 6.07 Å². The van der Waals surface area contributed by atoms with Gasteiger partial charge in [-0.15, -0.1) is 0 Å². The lowest BCUT2D eigenvalue weighted by molar-refractivity contribution is 0.0696. The maximum atomic E-state index is 10.5. The SMILES string of the molecule is N#CC#Cc1ccc(C(=O)O)cc1O. The molecule has 0 radical (unpaired) electrons. The van der Waals surface area contributed by atoms with Gasteiger partial charge in [0.05, 0.1) is 11.1 Å². The standard InChI is InChI=1S/C10H5NO3/c11-5-1-2-7-3-4-8(10(13)14)6-9(7)12/h3-4,6,12H,(H,13,14). The van der Waals surface area contributed by atoms with E-state index in [2.05, 4.69) is 11.8 Å². The van der Waals surface area contributed by atoms with Crippen LogP contribution in [0.2, 0.25) is 0 Å². The van der Waals surface area contributed by atoms with Crippen LogP contribution in [-0.2, 0) is 0 Å². The monoisotopic (exact) mass is 187 g/mol. The third-order valence-electron chi connectivity index (χ3n) is 1.50. The van der Waals surface area contributed by atoms with Crippen LogP contribution < -0.4 is 0 Å². The van der Waals surface area contributed by atoms with Gasteiger partial charge < -0.3 is 10.2 Å². The van der Waals surface area contributed by atoms with Gasteiger partial charge in [0.1, 0.15) is 5.75 Å². The van der Waals surface area contributed by atoms with Gasteiger partial charge in [-0.1, -0.05) is 0 Å². The maximum absolute atomic E-state index is 10.5. The molecule has 0 atom stereocenters. The van der Waals surface area contributed by atoms with Crippen molar-refractivity contribution in [2.24, 2.45) is 0 Å². The van der Waals surface area contributed by atoms with Crippen LogP contribution in [0.15, 0.2) is 18.2 Å². The van der Waals surface area contributed by atoms with Crippen molar-refractivity contribution < 1.29 is 15.0 Å². The van der Waals surface area contributed by atoms with E-state index in [9.17, 15) is 9.90 Å². The molecule has 1 aromatic rings. The van der Waals surface area contributed by atoms with Gasteiger partial charge in [-0.25, -0.2) is 4.79 Å². The molecule has 0 unspecified atom stereocenters. The minimum absolute atomic E-state index is 0.0231. The Hall–Kier alpha value is -2.46. The fourth-order valence-electron chi connectivity index (χ4n) is 0.866. The number of aromatic hydroxyl groups is 1. The molecular weight excluding hydrogens is 182 g/mol. The van der Waals surface area contributed by atoms with Crippen molar-refractivity contribution in [3.8, 4) is 23.7 Å². The molecule has 2 N–H and O–H groups in total. The van der Waals surface area contributed by atoms with Crippen LogP contribution in [0.3, 0.4) is 0 Å². The average molecular weight is 187 g/mol. The van der Waals surface area contributed by atoms with Crippen LogP contribution in [0.5, 0.6) is 5.75 Å². The minimum Gasteiger partial charge on any atom is -0.507 e. The quantitative estimate of drug-likeness (QED) is 0.641. The van der Waals surface area contributed by atoms with E-state index in [1.165, 1.54) is 12.1 Å². The van der Waals surface area contributed by atoms with Gasteiger partial charge >= 0.3 is 5.97 Å². The van der Waals surface area contributed by atoms with Crippen LogP contribution in [0.4, 0.5) is 0 Å². The van der Waals surface area contributed by atoms with Gasteiger partial charge in [-0.05, 0) is 24.1 Å². The molecule has 0 saturated heterocycles. The summed E-state index contributed by atoms with van der Waals surface area (Å²) >= 11 is 0. The van der Waals surface area contributed by atoms with Crippen molar-refractivity contribution in [3.63, 3.8) is 0 Å². The van der Waals surface area contributed by atoms with E-state index in [0.29, 0.717) is 0 Å². The Labute approximate surface area is 80.0 Å². The van der Waals surface area contributed by atoms with Gasteiger partial charge in [0.25, 0.3) is 0 Å². The third-order valence-corrected chi connectivity index (χ3v) is 1.50. The van der Waals surface area contributed by atoms with Gasteiger partial charge in [-0.2, -0.15) is 5.26 Å². The van der Waals surface area contributed by atoms with Gasteiger partial charge in [0, 0.05) is 5.92 Å². The van der Waals surface area contributed by atoms with Crippen LogP contribution in [0.25, 0.3) is 0 Å². The number of benzene rings is 1. The largest absolute Gasteiger partial charge is 0.507 e. The van der Waals surface area contributed by atoms with E-state index < -0.39 is 5.97 Å². The number of carboxylic acid groups (broad SMARTS) is 1. The lowest BCUT2D eigenvalue weighted by atomic mass is 10.1. The molecule has 0 aromatic heterocycles. The lowest BCUT2D eigenvalue weighted by Gasteiger charge is -1.97. The summed E-state index contributed by atoms with van der Waals surface area (Å²) in [6, 6.07) is 5.34. The first-order valence-electron chi connectivity index (χ1n) is 3.61. The molecule has 1 aromatic carbocycles. The normalized spacial score (nSPS) is 8.21. The Bertz CT molecular complexity index is 474. The number of nitrogens with zero attached hydrogens (tertiary/aromatic N) is 1. The molecule has 0 aliphatic heterocycles. The predicted molar refractivity (Wildman–Crippen MR) is 47.6 cm³/mol. The molecule has 0 saturated carbocycles. The molecule has 1 rings (SSSR count). The van der Waals surface area contributed by atoms with Crippen molar-refractivity contribution in [3.05, 3.63) is 29.3 Å². The summed E-state index contributed by atoms with van der Waals surface area (Å²) < 4.78 is 0. The van der Waals surface area contributed by atoms with Crippen molar-refractivity contribution >= 4 is 5.97 Å². The highest BCUT2D eigenvalue weighted by molar-refractivity contribution is 5.88. The summed E-state index contributed by atoms with van der Waals surface area (Å²) in [5, 5.41) is 26.0. The summed E-state index contributed by atoms with van der Waals surface area (Å²) in [4.78, 5) is 10.5. The molecule has 0 aliphatic rings. The van der Waals surface area contributed by atoms with E-state index in [-0.39, 0.29) is 16.9 Å². The smallest absolute Gasteiger partial charge is 0.335 e. The molecule has 0 heterocycles. The second-order valence-electron chi connectivity index (χ2n) is 2.40. The average Bonchev–Trinajstić information content (AvgIpc) is 2.15. The van der Waals surface area contributed by atoms with Crippen LogP contribution in [-0.4, -0.2) is 16.2 Å². The summed E-state index contributed by atoms with van der Waals surface area (Å²) in [6.45, 7) is 0. The molecule has 14 heavy (non-hydrogen) atoms. The minimum atomic E-state index is -1.12. The molecule has 68 valence electrons. The molecule has 4 heteroatoms. The van der Waals surface area contributed by atoms with E-state index >= 15 is 0 Å². The highest BCUT2D eigenvalue weighted by Crippen LogP contribution is 2.17. The van der Waals surface area contributed by atoms with Gasteiger partial charge in [0.15, 0.2) is 6.07 Å². The Morgan fingerprint density at radius 3 is 2.64 bits per heavy atom. The molecule has 0 amide bonds. The fourth-order valence-corrected chi connectivity index (χ4v) is 0.866. The number of carbonyl (C=O) groups is 1. The lowest BCUT2D eigenvalue weighted by Crippen LogP contribution is -1.95. The zero-order chi connectivity index (χ0) is 10.6. The van der Waals surface area contributed by atoms with Crippen LogP contribution in [0.1, 0.15) is 15.9 Å².